The summed E-state index contributed by atoms with van der Waals surface area (Å²) in [6.07, 6.45) is 0. The van der Waals surface area contributed by atoms with Gasteiger partial charge in [0, 0.05) is 5.02 Å². The second kappa shape index (κ2) is 6.16. The van der Waals surface area contributed by atoms with Gasteiger partial charge in [0.2, 0.25) is 0 Å². The molecular weight excluding hydrogens is 290 g/mol. The molecule has 2 rings (SSSR count). The number of rotatable bonds is 4. The number of phenolic OH excluding ortho intramolecular Hbond substituents is 1. The summed E-state index contributed by atoms with van der Waals surface area (Å²) in [5, 5.41) is 22.5. The van der Waals surface area contributed by atoms with Crippen molar-refractivity contribution in [2.45, 2.75) is 12.5 Å². The van der Waals surface area contributed by atoms with Crippen molar-refractivity contribution < 1.29 is 15.0 Å². The molecule has 0 spiro atoms. The smallest absolute Gasteiger partial charge is 0.255 e. The van der Waals surface area contributed by atoms with Gasteiger partial charge in [-0.2, -0.15) is 0 Å². The topological polar surface area (TPSA) is 69.6 Å². The highest BCUT2D eigenvalue weighted by Crippen LogP contribution is 2.25. The number of benzene rings is 2. The van der Waals surface area contributed by atoms with E-state index in [1.807, 2.05) is 30.3 Å². The molecular formula is C16H16ClNO3. The number of hydrogen-bond acceptors (Lipinski definition) is 3. The zero-order chi connectivity index (χ0) is 15.5. The highest BCUT2D eigenvalue weighted by atomic mass is 35.5. The molecule has 0 radical (unpaired) electrons. The largest absolute Gasteiger partial charge is 0.507 e. The van der Waals surface area contributed by atoms with Crippen molar-refractivity contribution in [3.63, 3.8) is 0 Å². The van der Waals surface area contributed by atoms with Gasteiger partial charge < -0.3 is 15.5 Å². The first-order valence-corrected chi connectivity index (χ1v) is 6.81. The maximum Gasteiger partial charge on any atom is 0.255 e. The third-order valence-corrected chi connectivity index (χ3v) is 3.56. The second-order valence-electron chi connectivity index (χ2n) is 4.97. The molecule has 2 aromatic carbocycles. The molecule has 0 aliphatic carbocycles. The molecule has 0 aliphatic heterocycles. The van der Waals surface area contributed by atoms with Crippen LogP contribution in [0.5, 0.6) is 5.75 Å². The Bertz CT molecular complexity index is 645. The van der Waals surface area contributed by atoms with Crippen LogP contribution in [-0.2, 0) is 5.54 Å². The summed E-state index contributed by atoms with van der Waals surface area (Å²) in [5.74, 6) is -0.682. The third-order valence-electron chi connectivity index (χ3n) is 3.32. The van der Waals surface area contributed by atoms with Crippen LogP contribution in [0.2, 0.25) is 5.02 Å². The zero-order valence-electron chi connectivity index (χ0n) is 11.5. The van der Waals surface area contributed by atoms with Crippen LogP contribution in [0.3, 0.4) is 0 Å². The van der Waals surface area contributed by atoms with Crippen LogP contribution in [0.1, 0.15) is 22.8 Å². The van der Waals surface area contributed by atoms with E-state index in [0.29, 0.717) is 5.02 Å². The Balaban J connectivity index is 2.28. The molecule has 0 bridgehead atoms. The van der Waals surface area contributed by atoms with Crippen LogP contribution in [0, 0.1) is 0 Å². The summed E-state index contributed by atoms with van der Waals surface area (Å²) in [6, 6.07) is 13.4. The van der Waals surface area contributed by atoms with Crippen LogP contribution < -0.4 is 5.32 Å². The predicted molar refractivity (Wildman–Crippen MR) is 81.5 cm³/mol. The van der Waals surface area contributed by atoms with Gasteiger partial charge in [-0.15, -0.1) is 0 Å². The number of hydrogen-bond donors (Lipinski definition) is 3. The lowest BCUT2D eigenvalue weighted by molar-refractivity contribution is 0.0847. The average Bonchev–Trinajstić information content (AvgIpc) is 2.47. The number of halogens is 1. The van der Waals surface area contributed by atoms with E-state index in [1.54, 1.807) is 6.92 Å². The molecule has 3 N–H and O–H groups in total. The van der Waals surface area contributed by atoms with Gasteiger partial charge in [-0.3, -0.25) is 4.79 Å². The van der Waals surface area contributed by atoms with E-state index in [0.717, 1.165) is 5.56 Å². The van der Waals surface area contributed by atoms with Crippen molar-refractivity contribution in [2.24, 2.45) is 0 Å². The minimum Gasteiger partial charge on any atom is -0.507 e. The minimum atomic E-state index is -0.940. The van der Waals surface area contributed by atoms with Crippen molar-refractivity contribution in [3.05, 3.63) is 64.7 Å². The minimum absolute atomic E-state index is 0.106. The van der Waals surface area contributed by atoms with E-state index in [2.05, 4.69) is 5.32 Å². The van der Waals surface area contributed by atoms with E-state index in [-0.39, 0.29) is 17.9 Å². The first-order valence-electron chi connectivity index (χ1n) is 6.44. The Labute approximate surface area is 128 Å². The first-order chi connectivity index (χ1) is 9.96. The Morgan fingerprint density at radius 3 is 2.48 bits per heavy atom. The number of aliphatic hydroxyl groups is 1. The van der Waals surface area contributed by atoms with Crippen LogP contribution in [-0.4, -0.2) is 22.7 Å². The van der Waals surface area contributed by atoms with Gasteiger partial charge in [-0.05, 0) is 30.7 Å². The first kappa shape index (κ1) is 15.4. The van der Waals surface area contributed by atoms with Crippen LogP contribution in [0.15, 0.2) is 48.5 Å². The maximum absolute atomic E-state index is 12.3. The Morgan fingerprint density at radius 2 is 1.90 bits per heavy atom. The van der Waals surface area contributed by atoms with Crippen molar-refractivity contribution in [1.29, 1.82) is 0 Å². The highest BCUT2D eigenvalue weighted by Gasteiger charge is 2.28. The molecule has 21 heavy (non-hydrogen) atoms. The predicted octanol–water partition coefficient (Wildman–Crippen LogP) is 2.68. The third kappa shape index (κ3) is 3.35. The van der Waals surface area contributed by atoms with Crippen molar-refractivity contribution in [3.8, 4) is 5.75 Å². The summed E-state index contributed by atoms with van der Waals surface area (Å²) in [6.45, 7) is 1.45. The lowest BCUT2D eigenvalue weighted by Crippen LogP contribution is -2.46. The lowest BCUT2D eigenvalue weighted by Gasteiger charge is -2.29. The maximum atomic E-state index is 12.3. The quantitative estimate of drug-likeness (QED) is 0.813. The Morgan fingerprint density at radius 1 is 1.24 bits per heavy atom. The van der Waals surface area contributed by atoms with E-state index >= 15 is 0 Å². The number of amides is 1. The van der Waals surface area contributed by atoms with Gasteiger partial charge in [0.15, 0.2) is 0 Å². The van der Waals surface area contributed by atoms with Crippen LogP contribution in [0.25, 0.3) is 0 Å². The molecule has 0 saturated heterocycles. The Kier molecular flexibility index (Phi) is 4.50. The molecule has 5 heteroatoms. The van der Waals surface area contributed by atoms with Gasteiger partial charge in [-0.1, -0.05) is 41.9 Å². The lowest BCUT2D eigenvalue weighted by atomic mass is 9.92. The monoisotopic (exact) mass is 305 g/mol. The molecule has 0 saturated carbocycles. The van der Waals surface area contributed by atoms with Crippen molar-refractivity contribution in [1.82, 2.24) is 5.32 Å². The van der Waals surface area contributed by atoms with Crippen molar-refractivity contribution >= 4 is 17.5 Å². The van der Waals surface area contributed by atoms with E-state index in [9.17, 15) is 15.0 Å². The number of aliphatic hydroxyl groups excluding tert-OH is 1. The summed E-state index contributed by atoms with van der Waals surface area (Å²) in [5.41, 5.74) is -0.0611. The molecule has 0 fully saturated rings. The summed E-state index contributed by atoms with van der Waals surface area (Å²) in [7, 11) is 0. The molecule has 0 aromatic heterocycles. The number of phenols is 1. The molecule has 1 unspecified atom stereocenters. The summed E-state index contributed by atoms with van der Waals surface area (Å²) >= 11 is 5.75. The number of nitrogens with one attached hydrogen (secondary N) is 1. The SMILES string of the molecule is CC(CO)(NC(=O)c1ccc(Cl)cc1O)c1ccccc1. The fraction of sp³-hybridized carbons (Fsp3) is 0.188. The standard InChI is InChI=1S/C16H16ClNO3/c1-16(10-19,11-5-3-2-4-6-11)18-15(21)13-8-7-12(17)9-14(13)20/h2-9,19-20H,10H2,1H3,(H,18,21). The van der Waals surface area contributed by atoms with E-state index in [4.69, 9.17) is 11.6 Å². The summed E-state index contributed by atoms with van der Waals surface area (Å²) in [4.78, 5) is 12.3. The molecule has 0 heterocycles. The second-order valence-corrected chi connectivity index (χ2v) is 5.41. The number of carbonyl (C=O) groups excluding carboxylic acids is 1. The fourth-order valence-electron chi connectivity index (χ4n) is 2.02. The van der Waals surface area contributed by atoms with Gasteiger partial charge in [0.25, 0.3) is 5.91 Å². The summed E-state index contributed by atoms with van der Waals surface area (Å²) < 4.78 is 0. The normalized spacial score (nSPS) is 13.5. The van der Waals surface area contributed by atoms with Gasteiger partial charge >= 0.3 is 0 Å². The number of carbonyl (C=O) groups is 1. The molecule has 4 nitrogen and oxygen atoms in total. The van der Waals surface area contributed by atoms with Crippen LogP contribution >= 0.6 is 11.6 Å². The molecule has 1 atom stereocenters. The molecule has 1 amide bonds. The number of aromatic hydroxyl groups is 1. The van der Waals surface area contributed by atoms with Gasteiger partial charge in [0.1, 0.15) is 5.75 Å². The van der Waals surface area contributed by atoms with Gasteiger partial charge in [0.05, 0.1) is 17.7 Å². The average molecular weight is 306 g/mol. The van der Waals surface area contributed by atoms with Gasteiger partial charge in [-0.25, -0.2) is 0 Å². The van der Waals surface area contributed by atoms with Crippen LogP contribution in [0.4, 0.5) is 0 Å². The van der Waals surface area contributed by atoms with E-state index in [1.165, 1.54) is 18.2 Å². The zero-order valence-corrected chi connectivity index (χ0v) is 12.3. The Hall–Kier alpha value is -2.04. The molecule has 2 aromatic rings. The fourth-order valence-corrected chi connectivity index (χ4v) is 2.19. The molecule has 0 aliphatic rings. The van der Waals surface area contributed by atoms with Crippen molar-refractivity contribution in [2.75, 3.05) is 6.61 Å². The molecule has 110 valence electrons. The highest BCUT2D eigenvalue weighted by molar-refractivity contribution is 6.30. The van der Waals surface area contributed by atoms with E-state index < -0.39 is 11.4 Å².